The zero-order valence-electron chi connectivity index (χ0n) is 8.93. The molecule has 15 heavy (non-hydrogen) atoms. The highest BCUT2D eigenvalue weighted by Gasteiger charge is 2.03. The monoisotopic (exact) mass is 287 g/mol. The van der Waals surface area contributed by atoms with Crippen LogP contribution in [0.1, 0.15) is 19.4 Å². The van der Waals surface area contributed by atoms with E-state index in [-0.39, 0.29) is 0 Å². The molecule has 0 spiro atoms. The summed E-state index contributed by atoms with van der Waals surface area (Å²) in [5, 5.41) is 0.746. The van der Waals surface area contributed by atoms with Crippen LogP contribution in [0.25, 0.3) is 6.08 Å². The van der Waals surface area contributed by atoms with Crippen molar-refractivity contribution in [1.82, 2.24) is 0 Å². The van der Waals surface area contributed by atoms with Gasteiger partial charge in [0.2, 0.25) is 0 Å². The predicted molar refractivity (Wildman–Crippen MR) is 71.0 cm³/mol. The van der Waals surface area contributed by atoms with Gasteiger partial charge in [-0.1, -0.05) is 59.1 Å². The number of benzene rings is 1. The second-order valence-electron chi connectivity index (χ2n) is 3.74. The van der Waals surface area contributed by atoms with Gasteiger partial charge in [-0.25, -0.2) is 0 Å². The molecule has 2 N–H and O–H groups in total. The van der Waals surface area contributed by atoms with E-state index < -0.39 is 0 Å². The third kappa shape index (κ3) is 3.63. The molecule has 0 bridgehead atoms. The van der Waals surface area contributed by atoms with Crippen LogP contribution in [0.4, 0.5) is 0 Å². The van der Waals surface area contributed by atoms with Crippen molar-refractivity contribution in [3.63, 3.8) is 0 Å². The molecule has 0 amide bonds. The maximum atomic E-state index is 6.12. The summed E-state index contributed by atoms with van der Waals surface area (Å²) in [5.41, 5.74) is 7.91. The summed E-state index contributed by atoms with van der Waals surface area (Å²) in [6, 6.07) is 5.86. The van der Waals surface area contributed by atoms with E-state index in [1.54, 1.807) is 0 Å². The van der Waals surface area contributed by atoms with Crippen LogP contribution in [-0.4, -0.2) is 6.54 Å². The van der Waals surface area contributed by atoms with E-state index in [9.17, 15) is 0 Å². The minimum atomic E-state index is 0.453. The Morgan fingerprint density at radius 1 is 1.53 bits per heavy atom. The summed E-state index contributed by atoms with van der Waals surface area (Å²) < 4.78 is 0.989. The first kappa shape index (κ1) is 12.8. The Morgan fingerprint density at radius 3 is 2.67 bits per heavy atom. The number of hydrogen-bond donors (Lipinski definition) is 1. The topological polar surface area (TPSA) is 26.0 Å². The van der Waals surface area contributed by atoms with Gasteiger partial charge in [0, 0.05) is 16.0 Å². The molecular weight excluding hydrogens is 273 g/mol. The fourth-order valence-corrected chi connectivity index (χ4v) is 2.01. The van der Waals surface area contributed by atoms with Gasteiger partial charge in [-0.15, -0.1) is 0 Å². The van der Waals surface area contributed by atoms with Crippen LogP contribution < -0.4 is 5.73 Å². The summed E-state index contributed by atoms with van der Waals surface area (Å²) in [5.74, 6) is 0.453. The van der Waals surface area contributed by atoms with Crippen molar-refractivity contribution in [3.05, 3.63) is 38.8 Å². The molecule has 1 rings (SSSR count). The lowest BCUT2D eigenvalue weighted by molar-refractivity contribution is 0.753. The highest BCUT2D eigenvalue weighted by molar-refractivity contribution is 9.10. The van der Waals surface area contributed by atoms with Gasteiger partial charge >= 0.3 is 0 Å². The van der Waals surface area contributed by atoms with E-state index in [1.165, 1.54) is 5.57 Å². The largest absolute Gasteiger partial charge is 0.327 e. The Labute approximate surface area is 104 Å². The minimum Gasteiger partial charge on any atom is -0.327 e. The standard InChI is InChI=1S/C12H15BrClN/c1-8(2)10(7-15)5-9-3-4-11(13)6-12(9)14/h3-6,8H,7,15H2,1-2H3/b10-5+. The van der Waals surface area contributed by atoms with E-state index >= 15 is 0 Å². The molecule has 0 aliphatic carbocycles. The molecular formula is C12H15BrClN. The van der Waals surface area contributed by atoms with Crippen LogP contribution in [0.15, 0.2) is 28.2 Å². The molecule has 0 radical (unpaired) electrons. The summed E-state index contributed by atoms with van der Waals surface area (Å²) >= 11 is 9.50. The maximum absolute atomic E-state index is 6.12. The van der Waals surface area contributed by atoms with Crippen LogP contribution in [0, 0.1) is 5.92 Å². The zero-order valence-corrected chi connectivity index (χ0v) is 11.3. The van der Waals surface area contributed by atoms with Crippen molar-refractivity contribution in [1.29, 1.82) is 0 Å². The van der Waals surface area contributed by atoms with E-state index in [1.807, 2.05) is 18.2 Å². The molecule has 0 aliphatic heterocycles. The van der Waals surface area contributed by atoms with Gasteiger partial charge in [-0.2, -0.15) is 0 Å². The molecule has 0 aliphatic rings. The molecule has 3 heteroatoms. The zero-order chi connectivity index (χ0) is 11.4. The van der Waals surface area contributed by atoms with Gasteiger partial charge in [-0.05, 0) is 23.6 Å². The van der Waals surface area contributed by atoms with Crippen LogP contribution in [0.2, 0.25) is 5.02 Å². The first-order valence-electron chi connectivity index (χ1n) is 4.90. The third-order valence-corrected chi connectivity index (χ3v) is 3.10. The number of halogens is 2. The fourth-order valence-electron chi connectivity index (χ4n) is 1.28. The molecule has 0 fully saturated rings. The summed E-state index contributed by atoms with van der Waals surface area (Å²) in [4.78, 5) is 0. The first-order chi connectivity index (χ1) is 7.04. The molecule has 0 unspecified atom stereocenters. The molecule has 1 nitrogen and oxygen atoms in total. The SMILES string of the molecule is CC(C)/C(=C/c1ccc(Br)cc1Cl)CN. The number of hydrogen-bond acceptors (Lipinski definition) is 1. The van der Waals surface area contributed by atoms with Crippen molar-refractivity contribution in [3.8, 4) is 0 Å². The van der Waals surface area contributed by atoms with Gasteiger partial charge < -0.3 is 5.73 Å². The predicted octanol–water partition coefficient (Wildman–Crippen LogP) is 4.10. The van der Waals surface area contributed by atoms with Crippen molar-refractivity contribution in [2.75, 3.05) is 6.54 Å². The van der Waals surface area contributed by atoms with Gasteiger partial charge in [0.15, 0.2) is 0 Å². The number of nitrogens with two attached hydrogens (primary N) is 1. The fraction of sp³-hybridized carbons (Fsp3) is 0.333. The average Bonchev–Trinajstić information content (AvgIpc) is 2.16. The molecule has 0 saturated carbocycles. The first-order valence-corrected chi connectivity index (χ1v) is 6.07. The van der Waals surface area contributed by atoms with Crippen LogP contribution in [0.3, 0.4) is 0 Å². The second-order valence-corrected chi connectivity index (χ2v) is 5.07. The van der Waals surface area contributed by atoms with E-state index in [4.69, 9.17) is 17.3 Å². The maximum Gasteiger partial charge on any atom is 0.0489 e. The van der Waals surface area contributed by atoms with Crippen LogP contribution in [-0.2, 0) is 0 Å². The molecule has 0 aromatic heterocycles. The van der Waals surface area contributed by atoms with Crippen LogP contribution >= 0.6 is 27.5 Å². The van der Waals surface area contributed by atoms with Crippen molar-refractivity contribution >= 4 is 33.6 Å². The van der Waals surface area contributed by atoms with Crippen molar-refractivity contribution < 1.29 is 0 Å². The number of rotatable bonds is 3. The Bertz CT molecular complexity index is 372. The Hall–Kier alpha value is -0.310. The lowest BCUT2D eigenvalue weighted by Crippen LogP contribution is -2.08. The summed E-state index contributed by atoms with van der Waals surface area (Å²) in [6.45, 7) is 4.83. The molecule has 82 valence electrons. The quantitative estimate of drug-likeness (QED) is 0.890. The highest BCUT2D eigenvalue weighted by atomic mass is 79.9. The average molecular weight is 289 g/mol. The minimum absolute atomic E-state index is 0.453. The molecule has 1 aromatic carbocycles. The molecule has 0 saturated heterocycles. The van der Waals surface area contributed by atoms with Crippen molar-refractivity contribution in [2.24, 2.45) is 11.7 Å². The molecule has 0 heterocycles. The van der Waals surface area contributed by atoms with Crippen LogP contribution in [0.5, 0.6) is 0 Å². The third-order valence-electron chi connectivity index (χ3n) is 2.28. The summed E-state index contributed by atoms with van der Waals surface area (Å²) in [7, 11) is 0. The summed E-state index contributed by atoms with van der Waals surface area (Å²) in [6.07, 6.45) is 2.07. The smallest absolute Gasteiger partial charge is 0.0489 e. The lowest BCUT2D eigenvalue weighted by Gasteiger charge is -2.09. The van der Waals surface area contributed by atoms with Gasteiger partial charge in [-0.3, -0.25) is 0 Å². The normalized spacial score (nSPS) is 12.3. The highest BCUT2D eigenvalue weighted by Crippen LogP contribution is 2.24. The van der Waals surface area contributed by atoms with Gasteiger partial charge in [0.05, 0.1) is 0 Å². The van der Waals surface area contributed by atoms with E-state index in [2.05, 4.69) is 35.9 Å². The van der Waals surface area contributed by atoms with E-state index in [0.717, 1.165) is 15.1 Å². The lowest BCUT2D eigenvalue weighted by atomic mass is 10.0. The van der Waals surface area contributed by atoms with Gasteiger partial charge in [0.1, 0.15) is 0 Å². The Balaban J connectivity index is 3.06. The molecule has 0 atom stereocenters. The second kappa shape index (κ2) is 5.69. The molecule has 1 aromatic rings. The van der Waals surface area contributed by atoms with Crippen molar-refractivity contribution in [2.45, 2.75) is 13.8 Å². The Kier molecular flexibility index (Phi) is 4.84. The Morgan fingerprint density at radius 2 is 2.20 bits per heavy atom. The van der Waals surface area contributed by atoms with Gasteiger partial charge in [0.25, 0.3) is 0 Å². The van der Waals surface area contributed by atoms with E-state index in [0.29, 0.717) is 12.5 Å².